The second-order valence-electron chi connectivity index (χ2n) is 10.7. The summed E-state index contributed by atoms with van der Waals surface area (Å²) in [4.78, 5) is 56.5. The predicted molar refractivity (Wildman–Crippen MR) is 147 cm³/mol. The highest BCUT2D eigenvalue weighted by molar-refractivity contribution is 7.17. The van der Waals surface area contributed by atoms with Crippen molar-refractivity contribution in [3.05, 3.63) is 42.5 Å². The molecule has 4 rings (SSSR count). The number of hydrogen-bond donors (Lipinski definition) is 1. The molecular formula is C29H37N3O5S. The SMILES string of the molecule is CCC(C)CC(=O)N1CC(=O)C2C1CCN2C(=O)C(CC(C)C)NC(=O)Oc1ccc(-c2ccccc2)s1. The zero-order valence-electron chi connectivity index (χ0n) is 22.5. The van der Waals surface area contributed by atoms with Gasteiger partial charge in [0.1, 0.15) is 12.1 Å². The fourth-order valence-electron chi connectivity index (χ4n) is 5.24. The fraction of sp³-hybridized carbons (Fsp3) is 0.517. The molecule has 3 heterocycles. The summed E-state index contributed by atoms with van der Waals surface area (Å²) >= 11 is 1.35. The Hall–Kier alpha value is -3.20. The fourth-order valence-corrected chi connectivity index (χ4v) is 6.10. The summed E-state index contributed by atoms with van der Waals surface area (Å²) in [6.45, 7) is 8.44. The number of ether oxygens (including phenoxy) is 1. The van der Waals surface area contributed by atoms with E-state index in [1.165, 1.54) is 11.3 Å². The third-order valence-electron chi connectivity index (χ3n) is 7.38. The van der Waals surface area contributed by atoms with Crippen molar-refractivity contribution in [2.75, 3.05) is 13.1 Å². The first-order chi connectivity index (χ1) is 18.2. The second kappa shape index (κ2) is 12.1. The van der Waals surface area contributed by atoms with Crippen LogP contribution >= 0.6 is 11.3 Å². The lowest BCUT2D eigenvalue weighted by Crippen LogP contribution is -2.53. The molecule has 1 N–H and O–H groups in total. The van der Waals surface area contributed by atoms with Gasteiger partial charge in [-0.25, -0.2) is 4.79 Å². The quantitative estimate of drug-likeness (QED) is 0.497. The lowest BCUT2D eigenvalue weighted by atomic mass is 10.0. The molecule has 204 valence electrons. The summed E-state index contributed by atoms with van der Waals surface area (Å²) in [5, 5.41) is 3.18. The van der Waals surface area contributed by atoms with Crippen LogP contribution in [-0.4, -0.2) is 64.7 Å². The Balaban J connectivity index is 1.42. The number of carbonyl (C=O) groups is 4. The predicted octanol–water partition coefficient (Wildman–Crippen LogP) is 4.74. The van der Waals surface area contributed by atoms with Crippen molar-refractivity contribution in [2.45, 2.75) is 71.5 Å². The molecule has 0 bridgehead atoms. The van der Waals surface area contributed by atoms with Crippen LogP contribution in [0.4, 0.5) is 4.79 Å². The van der Waals surface area contributed by atoms with E-state index in [2.05, 4.69) is 5.32 Å². The molecule has 38 heavy (non-hydrogen) atoms. The van der Waals surface area contributed by atoms with Gasteiger partial charge in [0.2, 0.25) is 11.8 Å². The van der Waals surface area contributed by atoms with E-state index < -0.39 is 18.2 Å². The van der Waals surface area contributed by atoms with Gasteiger partial charge in [-0.2, -0.15) is 0 Å². The minimum absolute atomic E-state index is 0.0271. The van der Waals surface area contributed by atoms with Gasteiger partial charge in [-0.05, 0) is 42.4 Å². The number of fused-ring (bicyclic) bond motifs is 1. The number of hydrogen-bond acceptors (Lipinski definition) is 6. The van der Waals surface area contributed by atoms with E-state index in [0.29, 0.717) is 30.9 Å². The molecule has 9 heteroatoms. The van der Waals surface area contributed by atoms with E-state index in [1.807, 2.05) is 64.1 Å². The monoisotopic (exact) mass is 539 g/mol. The van der Waals surface area contributed by atoms with Gasteiger partial charge in [0.05, 0.1) is 12.6 Å². The number of likely N-dealkylation sites (tertiary alicyclic amines) is 2. The Morgan fingerprint density at radius 2 is 1.82 bits per heavy atom. The van der Waals surface area contributed by atoms with Gasteiger partial charge in [0.15, 0.2) is 10.8 Å². The van der Waals surface area contributed by atoms with Crippen LogP contribution in [0.3, 0.4) is 0 Å². The van der Waals surface area contributed by atoms with Gasteiger partial charge in [-0.3, -0.25) is 14.4 Å². The van der Waals surface area contributed by atoms with Crippen molar-refractivity contribution < 1.29 is 23.9 Å². The maximum Gasteiger partial charge on any atom is 0.414 e. The van der Waals surface area contributed by atoms with Crippen LogP contribution < -0.4 is 10.1 Å². The average molecular weight is 540 g/mol. The van der Waals surface area contributed by atoms with Crippen molar-refractivity contribution in [1.29, 1.82) is 0 Å². The molecule has 2 aromatic rings. The number of benzene rings is 1. The molecule has 1 aromatic heterocycles. The number of nitrogens with one attached hydrogen (secondary N) is 1. The summed E-state index contributed by atoms with van der Waals surface area (Å²) in [6, 6.07) is 11.7. The lowest BCUT2D eigenvalue weighted by molar-refractivity contribution is -0.138. The largest absolute Gasteiger partial charge is 0.414 e. The summed E-state index contributed by atoms with van der Waals surface area (Å²) in [7, 11) is 0. The van der Waals surface area contributed by atoms with E-state index >= 15 is 0 Å². The zero-order chi connectivity index (χ0) is 27.4. The number of amides is 3. The molecule has 2 aliphatic rings. The molecule has 0 radical (unpaired) electrons. The number of carbonyl (C=O) groups excluding carboxylic acids is 4. The zero-order valence-corrected chi connectivity index (χ0v) is 23.3. The highest BCUT2D eigenvalue weighted by Gasteiger charge is 2.52. The minimum Gasteiger partial charge on any atom is -0.399 e. The second-order valence-corrected chi connectivity index (χ2v) is 11.8. The number of Topliss-reactive ketones (excluding diaryl/α,β-unsaturated/α-hetero) is 1. The average Bonchev–Trinajstić information content (AvgIpc) is 3.60. The van der Waals surface area contributed by atoms with E-state index in [4.69, 9.17) is 4.74 Å². The molecule has 3 amide bonds. The van der Waals surface area contributed by atoms with Crippen LogP contribution in [0.2, 0.25) is 0 Å². The van der Waals surface area contributed by atoms with Gasteiger partial charge >= 0.3 is 6.09 Å². The molecule has 2 saturated heterocycles. The lowest BCUT2D eigenvalue weighted by Gasteiger charge is -2.29. The van der Waals surface area contributed by atoms with Crippen molar-refractivity contribution >= 4 is 35.0 Å². The highest BCUT2D eigenvalue weighted by Crippen LogP contribution is 2.34. The molecule has 2 fully saturated rings. The molecule has 0 aliphatic carbocycles. The Labute approximate surface area is 228 Å². The van der Waals surface area contributed by atoms with Gasteiger partial charge in [0.25, 0.3) is 0 Å². The van der Waals surface area contributed by atoms with Gasteiger partial charge in [-0.1, -0.05) is 75.8 Å². The number of ketones is 1. The Morgan fingerprint density at radius 3 is 2.50 bits per heavy atom. The topological polar surface area (TPSA) is 96.0 Å². The van der Waals surface area contributed by atoms with E-state index in [9.17, 15) is 19.2 Å². The van der Waals surface area contributed by atoms with Crippen LogP contribution in [0.15, 0.2) is 42.5 Å². The normalized spacial score (nSPS) is 20.4. The Kier molecular flexibility index (Phi) is 8.87. The van der Waals surface area contributed by atoms with Crippen molar-refractivity contribution in [3.8, 4) is 15.5 Å². The number of rotatable bonds is 9. The third kappa shape index (κ3) is 6.26. The first-order valence-electron chi connectivity index (χ1n) is 13.4. The summed E-state index contributed by atoms with van der Waals surface area (Å²) in [5.41, 5.74) is 1.03. The molecule has 4 unspecified atom stereocenters. The molecule has 2 aliphatic heterocycles. The van der Waals surface area contributed by atoms with Crippen molar-refractivity contribution in [1.82, 2.24) is 15.1 Å². The van der Waals surface area contributed by atoms with Crippen LogP contribution in [-0.2, 0) is 14.4 Å². The highest BCUT2D eigenvalue weighted by atomic mass is 32.1. The van der Waals surface area contributed by atoms with Gasteiger partial charge in [-0.15, -0.1) is 0 Å². The summed E-state index contributed by atoms with van der Waals surface area (Å²) in [5.74, 6) is -0.0728. The maximum atomic E-state index is 13.6. The number of thiophene rings is 1. The van der Waals surface area contributed by atoms with Crippen LogP contribution in [0, 0.1) is 11.8 Å². The molecule has 4 atom stereocenters. The molecular weight excluding hydrogens is 502 g/mol. The van der Waals surface area contributed by atoms with E-state index in [0.717, 1.165) is 16.9 Å². The first-order valence-corrected chi connectivity index (χ1v) is 14.3. The van der Waals surface area contributed by atoms with Gasteiger partial charge < -0.3 is 19.9 Å². The van der Waals surface area contributed by atoms with Gasteiger partial charge in [0, 0.05) is 17.8 Å². The van der Waals surface area contributed by atoms with Crippen LogP contribution in [0.25, 0.3) is 10.4 Å². The molecule has 0 saturated carbocycles. The van der Waals surface area contributed by atoms with E-state index in [-0.39, 0.29) is 42.0 Å². The summed E-state index contributed by atoms with van der Waals surface area (Å²) < 4.78 is 5.52. The Morgan fingerprint density at radius 1 is 1.08 bits per heavy atom. The Bertz CT molecular complexity index is 1160. The smallest absolute Gasteiger partial charge is 0.399 e. The van der Waals surface area contributed by atoms with Crippen LogP contribution in [0.5, 0.6) is 5.06 Å². The first kappa shape index (κ1) is 27.8. The maximum absolute atomic E-state index is 13.6. The molecule has 0 spiro atoms. The number of nitrogens with zero attached hydrogens (tertiary/aromatic N) is 2. The van der Waals surface area contributed by atoms with Crippen molar-refractivity contribution in [3.63, 3.8) is 0 Å². The summed E-state index contributed by atoms with van der Waals surface area (Å²) in [6.07, 6.45) is 1.56. The minimum atomic E-state index is -0.826. The van der Waals surface area contributed by atoms with Crippen LogP contribution in [0.1, 0.15) is 53.4 Å². The van der Waals surface area contributed by atoms with E-state index in [1.54, 1.807) is 15.9 Å². The molecule has 8 nitrogen and oxygen atoms in total. The standard InChI is InChI=1S/C29H37N3O5S/c1-5-19(4)16-25(34)32-17-23(33)27-22(32)13-14-31(27)28(35)21(15-18(2)3)30-29(36)37-26-12-11-24(38-26)20-9-7-6-8-10-20/h6-12,18-19,21-22,27H,5,13-17H2,1-4H3,(H,30,36). The van der Waals surface area contributed by atoms with Crippen molar-refractivity contribution in [2.24, 2.45) is 11.8 Å². The third-order valence-corrected chi connectivity index (χ3v) is 8.39. The molecule has 1 aromatic carbocycles.